The first-order chi connectivity index (χ1) is 18.6. The Bertz CT molecular complexity index is 1580. The van der Waals surface area contributed by atoms with Crippen molar-refractivity contribution in [1.82, 2.24) is 29.5 Å². The standard InChI is InChI=1S/C28H27N7O3/c36-28(37)15-27(20-17-31-34(18-20)22-7-11-29-12-8-22)35-26-6-4-23(14-19(26)16-32-35)38-13-9-21-3-5-24-25(33-21)2-1-10-30-24/h3-8,11-12,14,16-18,27,30H,1-2,9-10,13,15H2,(H,36,37). The predicted molar refractivity (Wildman–Crippen MR) is 142 cm³/mol. The average Bonchev–Trinajstić information content (AvgIpc) is 3.60. The van der Waals surface area contributed by atoms with Gasteiger partial charge in [-0.2, -0.15) is 10.2 Å². The van der Waals surface area contributed by atoms with Gasteiger partial charge in [0.15, 0.2) is 0 Å². The van der Waals surface area contributed by atoms with Crippen LogP contribution in [0.5, 0.6) is 5.75 Å². The molecule has 0 radical (unpaired) electrons. The average molecular weight is 510 g/mol. The van der Waals surface area contributed by atoms with Gasteiger partial charge in [0.05, 0.1) is 54.0 Å². The molecule has 0 saturated heterocycles. The van der Waals surface area contributed by atoms with Crippen LogP contribution in [0.25, 0.3) is 16.6 Å². The lowest BCUT2D eigenvalue weighted by Gasteiger charge is -2.17. The van der Waals surface area contributed by atoms with Crippen LogP contribution in [0.15, 0.2) is 73.4 Å². The Hall–Kier alpha value is -4.73. The van der Waals surface area contributed by atoms with Crippen LogP contribution in [-0.2, 0) is 17.6 Å². The van der Waals surface area contributed by atoms with E-state index in [-0.39, 0.29) is 6.42 Å². The Labute approximate surface area is 218 Å². The molecule has 1 unspecified atom stereocenters. The molecule has 1 aliphatic heterocycles. The molecule has 192 valence electrons. The maximum atomic E-state index is 11.8. The highest BCUT2D eigenvalue weighted by molar-refractivity contribution is 5.81. The zero-order valence-electron chi connectivity index (χ0n) is 20.7. The van der Waals surface area contributed by atoms with Gasteiger partial charge in [0.1, 0.15) is 5.75 Å². The summed E-state index contributed by atoms with van der Waals surface area (Å²) in [5.74, 6) is -0.182. The van der Waals surface area contributed by atoms with Gasteiger partial charge in [0, 0.05) is 48.2 Å². The predicted octanol–water partition coefficient (Wildman–Crippen LogP) is 4.06. The number of aliphatic carboxylic acids is 1. The van der Waals surface area contributed by atoms with Crippen LogP contribution in [0, 0.1) is 0 Å². The van der Waals surface area contributed by atoms with Gasteiger partial charge in [-0.1, -0.05) is 0 Å². The van der Waals surface area contributed by atoms with Gasteiger partial charge in [-0.15, -0.1) is 0 Å². The Kier molecular flexibility index (Phi) is 6.43. The monoisotopic (exact) mass is 509 g/mol. The molecule has 6 rings (SSSR count). The summed E-state index contributed by atoms with van der Waals surface area (Å²) in [6, 6.07) is 13.1. The Balaban J connectivity index is 1.19. The molecule has 10 heteroatoms. The second kappa shape index (κ2) is 10.3. The summed E-state index contributed by atoms with van der Waals surface area (Å²) in [7, 11) is 0. The third-order valence-corrected chi connectivity index (χ3v) is 6.71. The summed E-state index contributed by atoms with van der Waals surface area (Å²) in [4.78, 5) is 20.6. The van der Waals surface area contributed by atoms with Crippen LogP contribution in [0.2, 0.25) is 0 Å². The van der Waals surface area contributed by atoms with Crippen LogP contribution in [-0.4, -0.2) is 53.8 Å². The van der Waals surface area contributed by atoms with E-state index in [4.69, 9.17) is 9.72 Å². The number of carboxylic acid groups (broad SMARTS) is 1. The molecule has 0 bridgehead atoms. The fourth-order valence-corrected chi connectivity index (χ4v) is 4.82. The fourth-order valence-electron chi connectivity index (χ4n) is 4.82. The SMILES string of the molecule is O=C(O)CC(c1cnn(-c2ccncc2)c1)n1ncc2cc(OCCc3ccc4c(n3)CCCN4)ccc21. The molecule has 38 heavy (non-hydrogen) atoms. The van der Waals surface area contributed by atoms with Crippen molar-refractivity contribution in [2.45, 2.75) is 31.7 Å². The van der Waals surface area contributed by atoms with E-state index in [1.807, 2.05) is 42.6 Å². The van der Waals surface area contributed by atoms with E-state index in [1.165, 1.54) is 0 Å². The van der Waals surface area contributed by atoms with Gasteiger partial charge in [0.25, 0.3) is 0 Å². The van der Waals surface area contributed by atoms with Gasteiger partial charge in [-0.25, -0.2) is 4.68 Å². The number of ether oxygens (including phenoxy) is 1. The lowest BCUT2D eigenvalue weighted by Crippen LogP contribution is -2.16. The van der Waals surface area contributed by atoms with Gasteiger partial charge >= 0.3 is 5.97 Å². The maximum absolute atomic E-state index is 11.8. The molecule has 5 aromatic rings. The van der Waals surface area contributed by atoms with Crippen molar-refractivity contribution >= 4 is 22.6 Å². The minimum Gasteiger partial charge on any atom is -0.493 e. The van der Waals surface area contributed by atoms with Crippen molar-refractivity contribution in [3.8, 4) is 11.4 Å². The number of pyridine rings is 2. The zero-order chi connectivity index (χ0) is 25.9. The number of nitrogens with zero attached hydrogens (tertiary/aromatic N) is 6. The van der Waals surface area contributed by atoms with Crippen LogP contribution < -0.4 is 10.1 Å². The quantitative estimate of drug-likeness (QED) is 0.305. The number of aromatic nitrogens is 6. The number of fused-ring (bicyclic) bond motifs is 2. The van der Waals surface area contributed by atoms with Crippen molar-refractivity contribution in [3.63, 3.8) is 0 Å². The number of hydrogen-bond donors (Lipinski definition) is 2. The van der Waals surface area contributed by atoms with Crippen molar-refractivity contribution in [2.24, 2.45) is 0 Å². The molecule has 1 aromatic carbocycles. The third kappa shape index (κ3) is 4.93. The van der Waals surface area contributed by atoms with E-state index in [0.717, 1.165) is 64.4 Å². The topological polar surface area (TPSA) is 120 Å². The molecular formula is C28H27N7O3. The summed E-state index contributed by atoms with van der Waals surface area (Å²) >= 11 is 0. The van der Waals surface area contributed by atoms with Crippen molar-refractivity contribution < 1.29 is 14.6 Å². The van der Waals surface area contributed by atoms with E-state index in [1.54, 1.807) is 34.2 Å². The molecule has 0 saturated carbocycles. The van der Waals surface area contributed by atoms with Gasteiger partial charge in [-0.05, 0) is 55.3 Å². The number of hydrogen-bond acceptors (Lipinski definition) is 7. The second-order valence-corrected chi connectivity index (χ2v) is 9.27. The molecular weight excluding hydrogens is 482 g/mol. The van der Waals surface area contributed by atoms with Gasteiger partial charge in [0.2, 0.25) is 0 Å². The molecule has 0 fully saturated rings. The molecule has 0 spiro atoms. The third-order valence-electron chi connectivity index (χ3n) is 6.71. The Morgan fingerprint density at radius 3 is 2.87 bits per heavy atom. The van der Waals surface area contributed by atoms with Crippen LogP contribution in [0.1, 0.15) is 35.8 Å². The van der Waals surface area contributed by atoms with E-state index in [9.17, 15) is 9.90 Å². The normalized spacial score (nSPS) is 13.6. The maximum Gasteiger partial charge on any atom is 0.305 e. The fraction of sp³-hybridized carbons (Fsp3) is 0.250. The van der Waals surface area contributed by atoms with Crippen LogP contribution in [0.3, 0.4) is 0 Å². The molecule has 2 N–H and O–H groups in total. The summed E-state index contributed by atoms with van der Waals surface area (Å²) < 4.78 is 9.48. The summed E-state index contributed by atoms with van der Waals surface area (Å²) in [5, 5.41) is 22.9. The Morgan fingerprint density at radius 2 is 2.00 bits per heavy atom. The lowest BCUT2D eigenvalue weighted by atomic mass is 10.1. The molecule has 1 atom stereocenters. The first-order valence-electron chi connectivity index (χ1n) is 12.6. The van der Waals surface area contributed by atoms with E-state index >= 15 is 0 Å². The second-order valence-electron chi connectivity index (χ2n) is 9.27. The zero-order valence-corrected chi connectivity index (χ0v) is 20.7. The van der Waals surface area contributed by atoms with Crippen molar-refractivity contribution in [2.75, 3.05) is 18.5 Å². The molecule has 0 amide bonds. The highest BCUT2D eigenvalue weighted by Gasteiger charge is 2.22. The van der Waals surface area contributed by atoms with Gasteiger partial charge in [-0.3, -0.25) is 19.4 Å². The van der Waals surface area contributed by atoms with Crippen LogP contribution in [0.4, 0.5) is 5.69 Å². The van der Waals surface area contributed by atoms with E-state index in [2.05, 4.69) is 26.6 Å². The smallest absolute Gasteiger partial charge is 0.305 e. The number of benzene rings is 1. The minimum atomic E-state index is -0.915. The molecule has 10 nitrogen and oxygen atoms in total. The van der Waals surface area contributed by atoms with Crippen LogP contribution >= 0.6 is 0 Å². The first kappa shape index (κ1) is 23.7. The highest BCUT2D eigenvalue weighted by Crippen LogP contribution is 2.29. The summed E-state index contributed by atoms with van der Waals surface area (Å²) in [6.07, 6.45) is 11.3. The largest absolute Gasteiger partial charge is 0.493 e. The lowest BCUT2D eigenvalue weighted by molar-refractivity contribution is -0.137. The number of carbonyl (C=O) groups is 1. The summed E-state index contributed by atoms with van der Waals surface area (Å²) in [6.45, 7) is 1.51. The number of aryl methyl sites for hydroxylation is 1. The molecule has 5 heterocycles. The number of anilines is 1. The Morgan fingerprint density at radius 1 is 1.11 bits per heavy atom. The van der Waals surface area contributed by atoms with E-state index in [0.29, 0.717) is 13.0 Å². The minimum absolute atomic E-state index is 0.125. The number of nitrogens with one attached hydrogen (secondary N) is 1. The number of carboxylic acids is 1. The highest BCUT2D eigenvalue weighted by atomic mass is 16.5. The molecule has 0 aliphatic carbocycles. The van der Waals surface area contributed by atoms with E-state index < -0.39 is 12.0 Å². The van der Waals surface area contributed by atoms with Crippen molar-refractivity contribution in [3.05, 3.63) is 90.4 Å². The molecule has 1 aliphatic rings. The summed E-state index contributed by atoms with van der Waals surface area (Å²) in [5.41, 5.74) is 5.70. The number of rotatable bonds is 9. The first-order valence-corrected chi connectivity index (χ1v) is 12.6. The van der Waals surface area contributed by atoms with Gasteiger partial charge < -0.3 is 15.2 Å². The van der Waals surface area contributed by atoms with Crippen molar-refractivity contribution in [1.29, 1.82) is 0 Å². The molecule has 4 aromatic heterocycles.